The fraction of sp³-hybridized carbons (Fsp3) is 0.636. The topological polar surface area (TPSA) is 67.0 Å². The van der Waals surface area contributed by atoms with Gasteiger partial charge in [-0.2, -0.15) is 0 Å². The summed E-state index contributed by atoms with van der Waals surface area (Å²) in [6.45, 7) is 4.46. The fourth-order valence-electron chi connectivity index (χ4n) is 1.90. The normalized spacial score (nSPS) is 20.7. The highest BCUT2D eigenvalue weighted by Gasteiger charge is 2.13. The summed E-state index contributed by atoms with van der Waals surface area (Å²) in [7, 11) is 0. The number of hydrogen-bond donors (Lipinski definition) is 2. The van der Waals surface area contributed by atoms with Gasteiger partial charge in [0.1, 0.15) is 5.82 Å². The van der Waals surface area contributed by atoms with Crippen molar-refractivity contribution in [2.75, 3.05) is 19.7 Å². The van der Waals surface area contributed by atoms with Gasteiger partial charge in [0.05, 0.1) is 12.7 Å². The lowest BCUT2D eigenvalue weighted by atomic mass is 10.0. The molecule has 0 aromatic carbocycles. The van der Waals surface area contributed by atoms with E-state index in [1.165, 1.54) is 18.9 Å². The molecule has 1 aliphatic rings. The molecule has 0 saturated carbocycles. The van der Waals surface area contributed by atoms with Crippen molar-refractivity contribution in [1.82, 2.24) is 15.3 Å². The predicted molar refractivity (Wildman–Crippen MR) is 60.7 cm³/mol. The highest BCUT2D eigenvalue weighted by atomic mass is 16.5. The zero-order valence-electron chi connectivity index (χ0n) is 9.45. The van der Waals surface area contributed by atoms with E-state index in [-0.39, 0.29) is 5.56 Å². The molecule has 0 spiro atoms. The van der Waals surface area contributed by atoms with Crippen LogP contribution >= 0.6 is 0 Å². The Morgan fingerprint density at radius 1 is 1.62 bits per heavy atom. The molecule has 1 aromatic heterocycles. The van der Waals surface area contributed by atoms with Crippen molar-refractivity contribution in [3.63, 3.8) is 0 Å². The molecule has 1 atom stereocenters. The van der Waals surface area contributed by atoms with Gasteiger partial charge < -0.3 is 15.0 Å². The summed E-state index contributed by atoms with van der Waals surface area (Å²) in [5, 5.41) is 3.33. The minimum Gasteiger partial charge on any atom is -0.477 e. The number of nitrogens with zero attached hydrogens (tertiary/aromatic N) is 1. The van der Waals surface area contributed by atoms with E-state index < -0.39 is 0 Å². The van der Waals surface area contributed by atoms with Gasteiger partial charge in [-0.05, 0) is 26.3 Å². The number of H-pyrrole nitrogens is 1. The van der Waals surface area contributed by atoms with Crippen LogP contribution in [0.1, 0.15) is 18.7 Å². The highest BCUT2D eigenvalue weighted by Crippen LogP contribution is 2.11. The van der Waals surface area contributed by atoms with Crippen LogP contribution in [0.5, 0.6) is 5.88 Å². The molecule has 1 aromatic rings. The zero-order valence-corrected chi connectivity index (χ0v) is 9.45. The van der Waals surface area contributed by atoms with Crippen molar-refractivity contribution in [1.29, 1.82) is 0 Å². The maximum absolute atomic E-state index is 11.2. The Labute approximate surface area is 94.2 Å². The molecule has 1 saturated heterocycles. The van der Waals surface area contributed by atoms with Crippen LogP contribution in [0.25, 0.3) is 0 Å². The van der Waals surface area contributed by atoms with Crippen molar-refractivity contribution in [3.8, 4) is 5.88 Å². The molecule has 0 bridgehead atoms. The molecule has 0 amide bonds. The van der Waals surface area contributed by atoms with Crippen LogP contribution in [0.4, 0.5) is 0 Å². The first-order valence-electron chi connectivity index (χ1n) is 5.65. The third kappa shape index (κ3) is 3.06. The van der Waals surface area contributed by atoms with E-state index in [1.807, 2.05) is 0 Å². The standard InChI is InChI=1S/C11H17N3O2/c1-8-13-10(15)5-11(14-8)16-7-9-3-2-4-12-6-9/h5,9,12H,2-4,6-7H2,1H3,(H,13,14,15). The van der Waals surface area contributed by atoms with Gasteiger partial charge in [-0.15, -0.1) is 0 Å². The molecule has 5 heteroatoms. The second kappa shape index (κ2) is 5.12. The summed E-state index contributed by atoms with van der Waals surface area (Å²) < 4.78 is 5.54. The molecule has 88 valence electrons. The average molecular weight is 223 g/mol. The van der Waals surface area contributed by atoms with Gasteiger partial charge >= 0.3 is 0 Å². The van der Waals surface area contributed by atoms with Gasteiger partial charge in [0.25, 0.3) is 5.56 Å². The van der Waals surface area contributed by atoms with Crippen molar-refractivity contribution < 1.29 is 4.74 Å². The SMILES string of the molecule is Cc1nc(OCC2CCCNC2)cc(=O)[nH]1. The molecule has 2 rings (SSSR count). The minimum absolute atomic E-state index is 0.163. The number of ether oxygens (including phenoxy) is 1. The van der Waals surface area contributed by atoms with Crippen LogP contribution < -0.4 is 15.6 Å². The third-order valence-electron chi connectivity index (χ3n) is 2.70. The third-order valence-corrected chi connectivity index (χ3v) is 2.70. The maximum Gasteiger partial charge on any atom is 0.254 e. The average Bonchev–Trinajstić information content (AvgIpc) is 2.27. The number of rotatable bonds is 3. The van der Waals surface area contributed by atoms with Crippen molar-refractivity contribution >= 4 is 0 Å². The lowest BCUT2D eigenvalue weighted by molar-refractivity contribution is 0.211. The van der Waals surface area contributed by atoms with Crippen LogP contribution in [0.3, 0.4) is 0 Å². The van der Waals surface area contributed by atoms with Crippen molar-refractivity contribution in [2.45, 2.75) is 19.8 Å². The Bertz CT molecular complexity index is 396. The van der Waals surface area contributed by atoms with Gasteiger partial charge in [0, 0.05) is 12.5 Å². The predicted octanol–water partition coefficient (Wildman–Crippen LogP) is 0.457. The van der Waals surface area contributed by atoms with Crippen LogP contribution in [-0.4, -0.2) is 29.7 Å². The lowest BCUT2D eigenvalue weighted by Gasteiger charge is -2.22. The van der Waals surface area contributed by atoms with E-state index >= 15 is 0 Å². The van der Waals surface area contributed by atoms with Gasteiger partial charge in [-0.25, -0.2) is 4.98 Å². The first-order chi connectivity index (χ1) is 7.74. The molecule has 1 unspecified atom stereocenters. The smallest absolute Gasteiger partial charge is 0.254 e. The molecule has 5 nitrogen and oxygen atoms in total. The highest BCUT2D eigenvalue weighted by molar-refractivity contribution is 5.08. The molecule has 1 fully saturated rings. The molecular weight excluding hydrogens is 206 g/mol. The van der Waals surface area contributed by atoms with Crippen LogP contribution in [-0.2, 0) is 0 Å². The Balaban J connectivity index is 1.90. The number of nitrogens with one attached hydrogen (secondary N) is 2. The molecule has 16 heavy (non-hydrogen) atoms. The van der Waals surface area contributed by atoms with Gasteiger partial charge in [-0.3, -0.25) is 4.79 Å². The summed E-state index contributed by atoms with van der Waals surface area (Å²) >= 11 is 0. The largest absolute Gasteiger partial charge is 0.477 e. The zero-order chi connectivity index (χ0) is 11.4. The first-order valence-corrected chi connectivity index (χ1v) is 5.65. The molecule has 1 aliphatic heterocycles. The van der Waals surface area contributed by atoms with Gasteiger partial charge in [-0.1, -0.05) is 0 Å². The Kier molecular flexibility index (Phi) is 3.56. The fourth-order valence-corrected chi connectivity index (χ4v) is 1.90. The molecule has 0 aliphatic carbocycles. The number of aromatic amines is 1. The van der Waals surface area contributed by atoms with E-state index in [0.29, 0.717) is 24.2 Å². The molecule has 2 N–H and O–H groups in total. The Hall–Kier alpha value is -1.36. The second-order valence-corrected chi connectivity index (χ2v) is 4.19. The number of hydrogen-bond acceptors (Lipinski definition) is 4. The van der Waals surface area contributed by atoms with Crippen LogP contribution in [0.15, 0.2) is 10.9 Å². The summed E-state index contributed by atoms with van der Waals surface area (Å²) in [6.07, 6.45) is 2.37. The summed E-state index contributed by atoms with van der Waals surface area (Å²) in [4.78, 5) is 17.9. The van der Waals surface area contributed by atoms with E-state index in [1.54, 1.807) is 6.92 Å². The van der Waals surface area contributed by atoms with Crippen molar-refractivity contribution in [3.05, 3.63) is 22.2 Å². The van der Waals surface area contributed by atoms with Crippen LogP contribution in [0.2, 0.25) is 0 Å². The Morgan fingerprint density at radius 3 is 3.19 bits per heavy atom. The van der Waals surface area contributed by atoms with E-state index in [2.05, 4.69) is 15.3 Å². The van der Waals surface area contributed by atoms with Gasteiger partial charge in [0.15, 0.2) is 0 Å². The quantitative estimate of drug-likeness (QED) is 0.781. The maximum atomic E-state index is 11.2. The summed E-state index contributed by atoms with van der Waals surface area (Å²) in [6, 6.07) is 1.39. The second-order valence-electron chi connectivity index (χ2n) is 4.19. The number of piperidine rings is 1. The van der Waals surface area contributed by atoms with Crippen molar-refractivity contribution in [2.24, 2.45) is 5.92 Å². The van der Waals surface area contributed by atoms with E-state index in [0.717, 1.165) is 13.1 Å². The van der Waals surface area contributed by atoms with Gasteiger partial charge in [0.2, 0.25) is 5.88 Å². The molecule has 0 radical (unpaired) electrons. The molecule has 2 heterocycles. The summed E-state index contributed by atoms with van der Waals surface area (Å²) in [5.74, 6) is 1.53. The van der Waals surface area contributed by atoms with Crippen LogP contribution in [0, 0.1) is 12.8 Å². The lowest BCUT2D eigenvalue weighted by Crippen LogP contribution is -2.33. The van der Waals surface area contributed by atoms with E-state index in [4.69, 9.17) is 4.74 Å². The Morgan fingerprint density at radius 2 is 2.50 bits per heavy atom. The first kappa shape index (κ1) is 11.1. The molecular formula is C11H17N3O2. The number of aryl methyl sites for hydroxylation is 1. The summed E-state index contributed by atoms with van der Waals surface area (Å²) in [5.41, 5.74) is -0.163. The monoisotopic (exact) mass is 223 g/mol. The minimum atomic E-state index is -0.163. The number of aromatic nitrogens is 2. The van der Waals surface area contributed by atoms with E-state index in [9.17, 15) is 4.79 Å².